The number of benzene rings is 1. The summed E-state index contributed by atoms with van der Waals surface area (Å²) in [5, 5.41) is 6.64. The fraction of sp³-hybridized carbons (Fsp3) is 0.375. The second-order valence-electron chi connectivity index (χ2n) is 4.84. The molecular formula is C16H23IN4S. The van der Waals surface area contributed by atoms with Crippen molar-refractivity contribution in [3.63, 3.8) is 0 Å². The van der Waals surface area contributed by atoms with Crippen LogP contribution in [0.25, 0.3) is 0 Å². The molecule has 2 rings (SSSR count). The standard InChI is InChI=1S/C16H22N4S.HI/c1-4-17-16(19-10-15-13(3)20-11-21-15)18-9-14-8-6-5-7-12(14)2;/h5-8,11H,4,9-10H2,1-3H3,(H2,17,18,19);1H. The van der Waals surface area contributed by atoms with Crippen molar-refractivity contribution in [1.82, 2.24) is 15.6 Å². The molecule has 0 aliphatic rings. The Bertz CT molecular complexity index is 610. The van der Waals surface area contributed by atoms with Crippen LogP contribution < -0.4 is 10.6 Å². The van der Waals surface area contributed by atoms with Gasteiger partial charge in [0.2, 0.25) is 0 Å². The highest BCUT2D eigenvalue weighted by molar-refractivity contribution is 14.0. The molecule has 0 fully saturated rings. The van der Waals surface area contributed by atoms with Crippen LogP contribution in [0.2, 0.25) is 0 Å². The van der Waals surface area contributed by atoms with E-state index in [0.29, 0.717) is 6.54 Å². The van der Waals surface area contributed by atoms with E-state index in [4.69, 9.17) is 0 Å². The molecule has 120 valence electrons. The van der Waals surface area contributed by atoms with Crippen LogP contribution in [-0.2, 0) is 13.1 Å². The lowest BCUT2D eigenvalue weighted by Crippen LogP contribution is -2.36. The Labute approximate surface area is 153 Å². The summed E-state index contributed by atoms with van der Waals surface area (Å²) in [5.74, 6) is 0.841. The summed E-state index contributed by atoms with van der Waals surface area (Å²) in [4.78, 5) is 10.2. The third-order valence-corrected chi connectivity index (χ3v) is 4.21. The number of guanidine groups is 1. The molecule has 1 heterocycles. The van der Waals surface area contributed by atoms with Crippen LogP contribution in [0.15, 0.2) is 34.8 Å². The number of aromatic nitrogens is 1. The average Bonchev–Trinajstić information content (AvgIpc) is 2.89. The summed E-state index contributed by atoms with van der Waals surface area (Å²) >= 11 is 1.67. The highest BCUT2D eigenvalue weighted by Gasteiger charge is 2.03. The van der Waals surface area contributed by atoms with Crippen LogP contribution in [0.3, 0.4) is 0 Å². The second kappa shape index (κ2) is 9.78. The van der Waals surface area contributed by atoms with Gasteiger partial charge in [0.05, 0.1) is 24.3 Å². The van der Waals surface area contributed by atoms with Crippen molar-refractivity contribution in [3.05, 3.63) is 51.5 Å². The van der Waals surface area contributed by atoms with E-state index >= 15 is 0 Å². The van der Waals surface area contributed by atoms with Crippen LogP contribution in [0.5, 0.6) is 0 Å². The van der Waals surface area contributed by atoms with E-state index in [1.165, 1.54) is 16.0 Å². The third kappa shape index (κ3) is 5.57. The minimum Gasteiger partial charge on any atom is -0.357 e. The summed E-state index contributed by atoms with van der Waals surface area (Å²) in [7, 11) is 0. The summed E-state index contributed by atoms with van der Waals surface area (Å²) in [6.07, 6.45) is 0. The second-order valence-corrected chi connectivity index (χ2v) is 5.78. The van der Waals surface area contributed by atoms with Gasteiger partial charge in [0.15, 0.2) is 5.96 Å². The monoisotopic (exact) mass is 430 g/mol. The molecule has 4 nitrogen and oxygen atoms in total. The number of nitrogens with zero attached hydrogens (tertiary/aromatic N) is 2. The molecule has 1 aromatic carbocycles. The van der Waals surface area contributed by atoms with Gasteiger partial charge in [-0.15, -0.1) is 35.3 Å². The number of halogens is 1. The predicted molar refractivity (Wildman–Crippen MR) is 105 cm³/mol. The number of nitrogens with one attached hydrogen (secondary N) is 2. The van der Waals surface area contributed by atoms with E-state index in [1.807, 2.05) is 12.4 Å². The molecule has 0 saturated heterocycles. The normalized spacial score (nSPS) is 11.0. The maximum Gasteiger partial charge on any atom is 0.191 e. The average molecular weight is 430 g/mol. The molecule has 0 bridgehead atoms. The lowest BCUT2D eigenvalue weighted by Gasteiger charge is -2.11. The van der Waals surface area contributed by atoms with Crippen molar-refractivity contribution in [3.8, 4) is 0 Å². The minimum atomic E-state index is 0. The summed E-state index contributed by atoms with van der Waals surface area (Å²) in [6, 6.07) is 8.35. The number of rotatable bonds is 5. The number of thiazole rings is 1. The molecule has 0 aliphatic heterocycles. The Kier molecular flexibility index (Phi) is 8.40. The molecule has 0 atom stereocenters. The van der Waals surface area contributed by atoms with Gasteiger partial charge in [0.1, 0.15) is 0 Å². The molecule has 22 heavy (non-hydrogen) atoms. The van der Waals surface area contributed by atoms with Crippen LogP contribution in [-0.4, -0.2) is 17.5 Å². The van der Waals surface area contributed by atoms with Gasteiger partial charge in [0.25, 0.3) is 0 Å². The Hall–Kier alpha value is -1.15. The van der Waals surface area contributed by atoms with Gasteiger partial charge >= 0.3 is 0 Å². The van der Waals surface area contributed by atoms with Crippen molar-refractivity contribution >= 4 is 41.3 Å². The first-order valence-electron chi connectivity index (χ1n) is 7.16. The molecule has 0 aliphatic carbocycles. The van der Waals surface area contributed by atoms with Crippen molar-refractivity contribution in [2.24, 2.45) is 4.99 Å². The van der Waals surface area contributed by atoms with Crippen LogP contribution in [0, 0.1) is 13.8 Å². The fourth-order valence-corrected chi connectivity index (χ4v) is 2.67. The van der Waals surface area contributed by atoms with Gasteiger partial charge in [-0.3, -0.25) is 0 Å². The van der Waals surface area contributed by atoms with Gasteiger partial charge in [-0.1, -0.05) is 24.3 Å². The SMILES string of the molecule is CCNC(=NCc1ccccc1C)NCc1scnc1C.I. The predicted octanol–water partition coefficient (Wildman–Crippen LogP) is 3.63. The first-order valence-corrected chi connectivity index (χ1v) is 8.04. The minimum absolute atomic E-state index is 0. The summed E-state index contributed by atoms with van der Waals surface area (Å²) < 4.78 is 0. The molecule has 2 N–H and O–H groups in total. The van der Waals surface area contributed by atoms with Gasteiger partial charge in [-0.25, -0.2) is 9.98 Å². The largest absolute Gasteiger partial charge is 0.357 e. The molecule has 0 saturated carbocycles. The zero-order chi connectivity index (χ0) is 15.1. The highest BCUT2D eigenvalue weighted by atomic mass is 127. The zero-order valence-electron chi connectivity index (χ0n) is 13.2. The van der Waals surface area contributed by atoms with E-state index < -0.39 is 0 Å². The van der Waals surface area contributed by atoms with E-state index in [-0.39, 0.29) is 24.0 Å². The Morgan fingerprint density at radius 3 is 2.64 bits per heavy atom. The molecule has 6 heteroatoms. The topological polar surface area (TPSA) is 49.3 Å². The van der Waals surface area contributed by atoms with E-state index in [1.54, 1.807) is 11.3 Å². The molecule has 1 aromatic heterocycles. The highest BCUT2D eigenvalue weighted by Crippen LogP contribution is 2.11. The quantitative estimate of drug-likeness (QED) is 0.433. The lowest BCUT2D eigenvalue weighted by atomic mass is 10.1. The van der Waals surface area contributed by atoms with E-state index in [9.17, 15) is 0 Å². The molecule has 0 unspecified atom stereocenters. The number of hydrogen-bond acceptors (Lipinski definition) is 3. The Balaban J connectivity index is 0.00000242. The maximum atomic E-state index is 4.65. The smallest absolute Gasteiger partial charge is 0.191 e. The number of aryl methyl sites for hydroxylation is 2. The van der Waals surface area contributed by atoms with Gasteiger partial charge in [0, 0.05) is 11.4 Å². The van der Waals surface area contributed by atoms with Crippen LogP contribution in [0.1, 0.15) is 28.6 Å². The fourth-order valence-electron chi connectivity index (χ4n) is 1.95. The van der Waals surface area contributed by atoms with E-state index in [0.717, 1.165) is 24.7 Å². The Morgan fingerprint density at radius 1 is 1.23 bits per heavy atom. The third-order valence-electron chi connectivity index (χ3n) is 3.27. The van der Waals surface area contributed by atoms with Gasteiger partial charge in [-0.2, -0.15) is 0 Å². The summed E-state index contributed by atoms with van der Waals surface area (Å²) in [5.41, 5.74) is 5.49. The van der Waals surface area contributed by atoms with Crippen LogP contribution in [0.4, 0.5) is 0 Å². The summed E-state index contributed by atoms with van der Waals surface area (Å²) in [6.45, 7) is 8.51. The lowest BCUT2D eigenvalue weighted by molar-refractivity contribution is 0.818. The van der Waals surface area contributed by atoms with E-state index in [2.05, 4.69) is 58.7 Å². The molecule has 2 aromatic rings. The Morgan fingerprint density at radius 2 is 2.00 bits per heavy atom. The molecule has 0 spiro atoms. The number of aliphatic imine (C=N–C) groups is 1. The molecule has 0 amide bonds. The maximum absolute atomic E-state index is 4.65. The van der Waals surface area contributed by atoms with Crippen LogP contribution >= 0.6 is 35.3 Å². The molecule has 0 radical (unpaired) electrons. The van der Waals surface area contributed by atoms with Crippen molar-refractivity contribution < 1.29 is 0 Å². The van der Waals surface area contributed by atoms with Gasteiger partial charge in [-0.05, 0) is 31.9 Å². The van der Waals surface area contributed by atoms with Crippen molar-refractivity contribution in [2.45, 2.75) is 33.9 Å². The van der Waals surface area contributed by atoms with Crippen molar-refractivity contribution in [2.75, 3.05) is 6.54 Å². The first kappa shape index (κ1) is 18.9. The first-order chi connectivity index (χ1) is 10.2. The van der Waals surface area contributed by atoms with Gasteiger partial charge < -0.3 is 10.6 Å². The zero-order valence-corrected chi connectivity index (χ0v) is 16.4. The molecular weight excluding hydrogens is 407 g/mol. The van der Waals surface area contributed by atoms with Crippen molar-refractivity contribution in [1.29, 1.82) is 0 Å². The number of hydrogen-bond donors (Lipinski definition) is 2.